The van der Waals surface area contributed by atoms with E-state index in [0.717, 1.165) is 37.7 Å². The molecule has 3 rings (SSSR count). The normalized spacial score (nSPS) is 16.2. The molecule has 0 spiro atoms. The summed E-state index contributed by atoms with van der Waals surface area (Å²) in [5.74, 6) is 0. The molecule has 2 N–H and O–H groups in total. The van der Waals surface area contributed by atoms with Crippen molar-refractivity contribution in [1.82, 2.24) is 0 Å². The van der Waals surface area contributed by atoms with Crippen LogP contribution in [0.5, 0.6) is 0 Å². The SMILES string of the molecule is O=S(=O)(O)c1cc(S(=O)(=O)O)c2cc(N3CCCC3)ccc2c1. The van der Waals surface area contributed by atoms with Crippen molar-refractivity contribution < 1.29 is 25.9 Å². The zero-order valence-electron chi connectivity index (χ0n) is 12.0. The highest BCUT2D eigenvalue weighted by atomic mass is 32.2. The quantitative estimate of drug-likeness (QED) is 0.807. The van der Waals surface area contributed by atoms with Gasteiger partial charge < -0.3 is 4.90 Å². The minimum absolute atomic E-state index is 0.212. The second kappa shape index (κ2) is 5.45. The van der Waals surface area contributed by atoms with Crippen LogP contribution in [0.1, 0.15) is 12.8 Å². The number of fused-ring (bicyclic) bond motifs is 1. The maximum absolute atomic E-state index is 11.6. The summed E-state index contributed by atoms with van der Waals surface area (Å²) in [5.41, 5.74) is 0.805. The molecule has 1 fully saturated rings. The van der Waals surface area contributed by atoms with Crippen LogP contribution in [0.2, 0.25) is 0 Å². The fourth-order valence-corrected chi connectivity index (χ4v) is 4.17. The van der Waals surface area contributed by atoms with Crippen molar-refractivity contribution in [1.29, 1.82) is 0 Å². The lowest BCUT2D eigenvalue weighted by atomic mass is 10.1. The van der Waals surface area contributed by atoms with Crippen molar-refractivity contribution in [3.8, 4) is 0 Å². The number of hydrogen-bond acceptors (Lipinski definition) is 5. The molecule has 0 aliphatic carbocycles. The molecule has 0 unspecified atom stereocenters. The second-order valence-electron chi connectivity index (χ2n) is 5.47. The van der Waals surface area contributed by atoms with Crippen molar-refractivity contribution >= 4 is 36.7 Å². The lowest BCUT2D eigenvalue weighted by Gasteiger charge is -2.18. The van der Waals surface area contributed by atoms with Crippen LogP contribution in [0.25, 0.3) is 10.8 Å². The van der Waals surface area contributed by atoms with Crippen molar-refractivity contribution in [2.75, 3.05) is 18.0 Å². The van der Waals surface area contributed by atoms with Crippen LogP contribution in [-0.4, -0.2) is 39.0 Å². The smallest absolute Gasteiger partial charge is 0.295 e. The monoisotopic (exact) mass is 357 g/mol. The maximum Gasteiger partial charge on any atom is 0.295 e. The first kappa shape index (κ1) is 16.2. The van der Waals surface area contributed by atoms with Crippen LogP contribution in [0.4, 0.5) is 5.69 Å². The van der Waals surface area contributed by atoms with Gasteiger partial charge in [-0.15, -0.1) is 0 Å². The van der Waals surface area contributed by atoms with Crippen LogP contribution in [0.3, 0.4) is 0 Å². The summed E-state index contributed by atoms with van der Waals surface area (Å²) in [6.07, 6.45) is 2.09. The molecule has 0 saturated carbocycles. The first-order valence-electron chi connectivity index (χ1n) is 6.94. The first-order valence-corrected chi connectivity index (χ1v) is 9.82. The number of rotatable bonds is 3. The zero-order valence-corrected chi connectivity index (χ0v) is 13.6. The van der Waals surface area contributed by atoms with E-state index in [1.54, 1.807) is 18.2 Å². The zero-order chi connectivity index (χ0) is 16.8. The molecule has 0 bridgehead atoms. The highest BCUT2D eigenvalue weighted by Gasteiger charge is 2.21. The van der Waals surface area contributed by atoms with Crippen LogP contribution < -0.4 is 4.90 Å². The third kappa shape index (κ3) is 3.18. The average molecular weight is 357 g/mol. The van der Waals surface area contributed by atoms with E-state index >= 15 is 0 Å². The topological polar surface area (TPSA) is 112 Å². The molecule has 1 heterocycles. The minimum atomic E-state index is -4.65. The molecular formula is C14H15NO6S2. The number of anilines is 1. The Morgan fingerprint density at radius 2 is 1.52 bits per heavy atom. The highest BCUT2D eigenvalue weighted by Crippen LogP contribution is 2.31. The number of nitrogens with zero attached hydrogens (tertiary/aromatic N) is 1. The predicted octanol–water partition coefficient (Wildman–Crippen LogP) is 1.93. The Kier molecular flexibility index (Phi) is 3.83. The lowest BCUT2D eigenvalue weighted by molar-refractivity contribution is 0.482. The molecule has 0 radical (unpaired) electrons. The van der Waals surface area contributed by atoms with E-state index in [0.29, 0.717) is 5.39 Å². The van der Waals surface area contributed by atoms with E-state index < -0.39 is 30.0 Å². The summed E-state index contributed by atoms with van der Waals surface area (Å²) in [4.78, 5) is 0.972. The average Bonchev–Trinajstić information content (AvgIpc) is 2.97. The van der Waals surface area contributed by atoms with E-state index in [9.17, 15) is 21.4 Å². The molecule has 2 aromatic carbocycles. The summed E-state index contributed by atoms with van der Waals surface area (Å²) in [5, 5.41) is 0.514. The standard InChI is InChI=1S/C14H15NO6S2/c16-22(17,18)12-7-10-3-4-11(15-5-1-2-6-15)8-13(10)14(9-12)23(19,20)21/h3-4,7-9H,1-2,5-6H2,(H,16,17,18)(H,19,20,21). The van der Waals surface area contributed by atoms with Crippen molar-refractivity contribution in [3.63, 3.8) is 0 Å². The molecule has 124 valence electrons. The molecule has 7 nitrogen and oxygen atoms in total. The Morgan fingerprint density at radius 1 is 0.870 bits per heavy atom. The van der Waals surface area contributed by atoms with Gasteiger partial charge in [-0.1, -0.05) is 6.07 Å². The largest absolute Gasteiger partial charge is 0.372 e. The van der Waals surface area contributed by atoms with Gasteiger partial charge in [-0.25, -0.2) is 0 Å². The summed E-state index contributed by atoms with van der Waals surface area (Å²) < 4.78 is 64.4. The maximum atomic E-state index is 11.6. The first-order chi connectivity index (χ1) is 10.7. The number of benzene rings is 2. The molecule has 0 atom stereocenters. The fraction of sp³-hybridized carbons (Fsp3) is 0.286. The lowest BCUT2D eigenvalue weighted by Crippen LogP contribution is -2.17. The van der Waals surface area contributed by atoms with Crippen molar-refractivity contribution in [3.05, 3.63) is 30.3 Å². The summed E-state index contributed by atoms with van der Waals surface area (Å²) in [6.45, 7) is 1.71. The fourth-order valence-electron chi connectivity index (χ4n) is 2.82. The summed E-state index contributed by atoms with van der Waals surface area (Å²) in [7, 11) is -9.24. The van der Waals surface area contributed by atoms with Gasteiger partial charge in [0.1, 0.15) is 4.90 Å². The van der Waals surface area contributed by atoms with Gasteiger partial charge in [-0.05, 0) is 42.5 Å². The van der Waals surface area contributed by atoms with Crippen LogP contribution in [0, 0.1) is 0 Å². The predicted molar refractivity (Wildman–Crippen MR) is 85.0 cm³/mol. The van der Waals surface area contributed by atoms with E-state index in [1.807, 2.05) is 0 Å². The summed E-state index contributed by atoms with van der Waals surface area (Å²) >= 11 is 0. The highest BCUT2D eigenvalue weighted by molar-refractivity contribution is 7.86. The van der Waals surface area contributed by atoms with E-state index in [1.165, 1.54) is 6.07 Å². The van der Waals surface area contributed by atoms with E-state index in [2.05, 4.69) is 4.90 Å². The van der Waals surface area contributed by atoms with Gasteiger partial charge >= 0.3 is 0 Å². The molecule has 2 aromatic rings. The Hall–Kier alpha value is -1.68. The van der Waals surface area contributed by atoms with Crippen molar-refractivity contribution in [2.24, 2.45) is 0 Å². The van der Waals surface area contributed by atoms with Crippen LogP contribution in [-0.2, 0) is 20.2 Å². The van der Waals surface area contributed by atoms with Crippen molar-refractivity contribution in [2.45, 2.75) is 22.6 Å². The molecule has 9 heteroatoms. The van der Waals surface area contributed by atoms with E-state index in [-0.39, 0.29) is 5.39 Å². The van der Waals surface area contributed by atoms with Crippen LogP contribution >= 0.6 is 0 Å². The van der Waals surface area contributed by atoms with Gasteiger partial charge in [0, 0.05) is 24.2 Å². The van der Waals surface area contributed by atoms with Crippen LogP contribution in [0.15, 0.2) is 40.1 Å². The van der Waals surface area contributed by atoms with Gasteiger partial charge in [0.05, 0.1) is 4.90 Å². The molecule has 1 aliphatic heterocycles. The number of hydrogen-bond donors (Lipinski definition) is 2. The van der Waals surface area contributed by atoms with Gasteiger partial charge in [-0.3, -0.25) is 9.11 Å². The van der Waals surface area contributed by atoms with Gasteiger partial charge in [0.15, 0.2) is 0 Å². The minimum Gasteiger partial charge on any atom is -0.372 e. The van der Waals surface area contributed by atoms with Gasteiger partial charge in [0.25, 0.3) is 20.2 Å². The third-order valence-electron chi connectivity index (χ3n) is 3.92. The van der Waals surface area contributed by atoms with Gasteiger partial charge in [-0.2, -0.15) is 16.8 Å². The van der Waals surface area contributed by atoms with E-state index in [4.69, 9.17) is 4.55 Å². The molecule has 1 saturated heterocycles. The Morgan fingerprint density at radius 3 is 2.09 bits per heavy atom. The Labute approximate surface area is 134 Å². The molecule has 23 heavy (non-hydrogen) atoms. The molecule has 1 aliphatic rings. The second-order valence-corrected chi connectivity index (χ2v) is 8.28. The Bertz CT molecular complexity index is 976. The molecule has 0 aromatic heterocycles. The molecular weight excluding hydrogens is 342 g/mol. The third-order valence-corrected chi connectivity index (χ3v) is 5.65. The van der Waals surface area contributed by atoms with Gasteiger partial charge in [0.2, 0.25) is 0 Å². The Balaban J connectivity index is 2.30. The summed E-state index contributed by atoms with van der Waals surface area (Å²) in [6, 6.07) is 6.88. The molecule has 0 amide bonds.